The molecule has 0 unspecified atom stereocenters. The van der Waals surface area contributed by atoms with Gasteiger partial charge in [0, 0.05) is 28.6 Å². The minimum atomic E-state index is 0.682. The maximum atomic E-state index is 5.77. The SMILES string of the molecule is Nc1snnc1CSc1ccc2c(c1)OCCCO2. The summed E-state index contributed by atoms with van der Waals surface area (Å²) in [5.41, 5.74) is 6.61. The second-order valence-corrected chi connectivity index (χ2v) is 5.87. The van der Waals surface area contributed by atoms with Gasteiger partial charge in [-0.3, -0.25) is 0 Å². The molecular formula is C12H13N3O2S2. The lowest BCUT2D eigenvalue weighted by Crippen LogP contribution is -1.97. The predicted octanol–water partition coefficient (Wildman–Crippen LogP) is 2.57. The van der Waals surface area contributed by atoms with Crippen molar-refractivity contribution in [3.8, 4) is 11.5 Å². The zero-order chi connectivity index (χ0) is 13.1. The van der Waals surface area contributed by atoms with Gasteiger partial charge in [-0.2, -0.15) is 0 Å². The summed E-state index contributed by atoms with van der Waals surface area (Å²) in [4.78, 5) is 1.11. The Kier molecular flexibility index (Phi) is 3.74. The van der Waals surface area contributed by atoms with Crippen molar-refractivity contribution in [2.24, 2.45) is 0 Å². The van der Waals surface area contributed by atoms with Crippen molar-refractivity contribution < 1.29 is 9.47 Å². The monoisotopic (exact) mass is 295 g/mol. The second kappa shape index (κ2) is 5.66. The topological polar surface area (TPSA) is 70.3 Å². The molecule has 0 fully saturated rings. The van der Waals surface area contributed by atoms with E-state index in [0.717, 1.165) is 28.5 Å². The maximum absolute atomic E-state index is 5.77. The standard InChI is InChI=1S/C12H13N3O2S2/c13-12-9(14-15-19-12)7-18-8-2-3-10-11(6-8)17-5-1-4-16-10/h2-3,6H,1,4-5,7,13H2. The molecule has 0 atom stereocenters. The molecule has 0 amide bonds. The molecular weight excluding hydrogens is 282 g/mol. The lowest BCUT2D eigenvalue weighted by atomic mass is 10.3. The molecule has 19 heavy (non-hydrogen) atoms. The van der Waals surface area contributed by atoms with Gasteiger partial charge >= 0.3 is 0 Å². The Morgan fingerprint density at radius 1 is 1.26 bits per heavy atom. The van der Waals surface area contributed by atoms with Crippen LogP contribution in [0.2, 0.25) is 0 Å². The van der Waals surface area contributed by atoms with Crippen molar-refractivity contribution in [1.29, 1.82) is 0 Å². The van der Waals surface area contributed by atoms with E-state index in [1.165, 1.54) is 11.5 Å². The summed E-state index contributed by atoms with van der Waals surface area (Å²) in [6.45, 7) is 1.41. The van der Waals surface area contributed by atoms with Gasteiger partial charge < -0.3 is 15.2 Å². The van der Waals surface area contributed by atoms with Gasteiger partial charge in [-0.1, -0.05) is 4.49 Å². The van der Waals surface area contributed by atoms with Gasteiger partial charge in [-0.15, -0.1) is 16.9 Å². The molecule has 0 radical (unpaired) electrons. The van der Waals surface area contributed by atoms with E-state index in [9.17, 15) is 0 Å². The fourth-order valence-corrected chi connectivity index (χ4v) is 3.11. The number of rotatable bonds is 3. The number of hydrogen-bond donors (Lipinski definition) is 1. The molecule has 1 aromatic heterocycles. The number of nitrogens with two attached hydrogens (primary N) is 1. The van der Waals surface area contributed by atoms with Crippen molar-refractivity contribution in [2.45, 2.75) is 17.1 Å². The Labute approximate surface area is 119 Å². The largest absolute Gasteiger partial charge is 0.490 e. The number of hydrogen-bond acceptors (Lipinski definition) is 7. The Morgan fingerprint density at radius 2 is 2.11 bits per heavy atom. The van der Waals surface area contributed by atoms with Crippen LogP contribution < -0.4 is 15.2 Å². The van der Waals surface area contributed by atoms with Gasteiger partial charge in [0.05, 0.1) is 13.2 Å². The summed E-state index contributed by atoms with van der Waals surface area (Å²) >= 11 is 2.88. The Balaban J connectivity index is 1.72. The summed E-state index contributed by atoms with van der Waals surface area (Å²) < 4.78 is 15.1. The molecule has 3 rings (SSSR count). The Morgan fingerprint density at radius 3 is 2.89 bits per heavy atom. The minimum Gasteiger partial charge on any atom is -0.490 e. The smallest absolute Gasteiger partial charge is 0.162 e. The summed E-state index contributed by atoms with van der Waals surface area (Å²) in [6, 6.07) is 5.97. The number of nitrogen functional groups attached to an aromatic ring is 1. The van der Waals surface area contributed by atoms with E-state index in [2.05, 4.69) is 9.59 Å². The van der Waals surface area contributed by atoms with E-state index in [0.29, 0.717) is 24.0 Å². The van der Waals surface area contributed by atoms with Gasteiger partial charge in [0.15, 0.2) is 11.5 Å². The molecule has 0 saturated heterocycles. The summed E-state index contributed by atoms with van der Waals surface area (Å²) in [5.74, 6) is 2.34. The number of aromatic nitrogens is 2. The highest BCUT2D eigenvalue weighted by Gasteiger charge is 2.11. The average Bonchev–Trinajstić information content (AvgIpc) is 2.70. The van der Waals surface area contributed by atoms with Crippen LogP contribution in [0.25, 0.3) is 0 Å². The normalized spacial score (nSPS) is 14.1. The number of ether oxygens (including phenoxy) is 2. The van der Waals surface area contributed by atoms with Crippen LogP contribution in [0.1, 0.15) is 12.1 Å². The van der Waals surface area contributed by atoms with Crippen molar-refractivity contribution >= 4 is 28.3 Å². The highest BCUT2D eigenvalue weighted by Crippen LogP contribution is 2.35. The van der Waals surface area contributed by atoms with E-state index >= 15 is 0 Å². The first-order valence-electron chi connectivity index (χ1n) is 5.92. The van der Waals surface area contributed by atoms with Crippen LogP contribution in [-0.2, 0) is 5.75 Å². The number of thioether (sulfide) groups is 1. The summed E-state index contributed by atoms with van der Waals surface area (Å²) in [7, 11) is 0. The second-order valence-electron chi connectivity index (χ2n) is 4.03. The van der Waals surface area contributed by atoms with Crippen molar-refractivity contribution in [3.63, 3.8) is 0 Å². The quantitative estimate of drug-likeness (QED) is 0.878. The van der Waals surface area contributed by atoms with Gasteiger partial charge in [-0.25, -0.2) is 0 Å². The molecule has 0 saturated carbocycles. The van der Waals surface area contributed by atoms with Crippen molar-refractivity contribution in [3.05, 3.63) is 23.9 Å². The molecule has 0 spiro atoms. The average molecular weight is 295 g/mol. The molecule has 0 bridgehead atoms. The molecule has 2 heterocycles. The van der Waals surface area contributed by atoms with Crippen LogP contribution in [0.15, 0.2) is 23.1 Å². The third kappa shape index (κ3) is 2.93. The summed E-state index contributed by atoms with van der Waals surface area (Å²) in [5, 5.41) is 4.68. The van der Waals surface area contributed by atoms with Crippen LogP contribution in [0.3, 0.4) is 0 Å². The van der Waals surface area contributed by atoms with E-state index < -0.39 is 0 Å². The van der Waals surface area contributed by atoms with Crippen LogP contribution in [0.4, 0.5) is 5.00 Å². The van der Waals surface area contributed by atoms with Gasteiger partial charge in [0.2, 0.25) is 0 Å². The highest BCUT2D eigenvalue weighted by atomic mass is 32.2. The molecule has 7 heteroatoms. The predicted molar refractivity (Wildman–Crippen MR) is 75.9 cm³/mol. The van der Waals surface area contributed by atoms with E-state index in [1.54, 1.807) is 11.8 Å². The molecule has 1 aromatic carbocycles. The van der Waals surface area contributed by atoms with Gasteiger partial charge in [-0.05, 0) is 18.2 Å². The lowest BCUT2D eigenvalue weighted by Gasteiger charge is -2.08. The first-order valence-corrected chi connectivity index (χ1v) is 7.68. The van der Waals surface area contributed by atoms with E-state index in [1.807, 2.05) is 18.2 Å². The number of anilines is 1. The minimum absolute atomic E-state index is 0.682. The first-order chi connectivity index (χ1) is 9.33. The molecule has 1 aliphatic heterocycles. The molecule has 0 aliphatic carbocycles. The fourth-order valence-electron chi connectivity index (χ4n) is 1.70. The maximum Gasteiger partial charge on any atom is 0.162 e. The van der Waals surface area contributed by atoms with Crippen LogP contribution in [0.5, 0.6) is 11.5 Å². The third-order valence-corrected chi connectivity index (χ3v) is 4.28. The summed E-state index contributed by atoms with van der Waals surface area (Å²) in [6.07, 6.45) is 0.915. The zero-order valence-corrected chi connectivity index (χ0v) is 11.8. The van der Waals surface area contributed by atoms with Gasteiger partial charge in [0.1, 0.15) is 10.7 Å². The zero-order valence-electron chi connectivity index (χ0n) is 10.2. The van der Waals surface area contributed by atoms with Crippen LogP contribution in [0, 0.1) is 0 Å². The van der Waals surface area contributed by atoms with E-state index in [4.69, 9.17) is 15.2 Å². The molecule has 2 aromatic rings. The first kappa shape index (κ1) is 12.6. The highest BCUT2D eigenvalue weighted by molar-refractivity contribution is 7.98. The van der Waals surface area contributed by atoms with Crippen LogP contribution in [-0.4, -0.2) is 22.8 Å². The fraction of sp³-hybridized carbons (Fsp3) is 0.333. The lowest BCUT2D eigenvalue weighted by molar-refractivity contribution is 0.297. The van der Waals surface area contributed by atoms with E-state index in [-0.39, 0.29) is 0 Å². The molecule has 5 nitrogen and oxygen atoms in total. The number of nitrogens with zero attached hydrogens (tertiary/aromatic N) is 2. The van der Waals surface area contributed by atoms with Gasteiger partial charge in [0.25, 0.3) is 0 Å². The molecule has 100 valence electrons. The number of fused-ring (bicyclic) bond motifs is 1. The van der Waals surface area contributed by atoms with Crippen molar-refractivity contribution in [1.82, 2.24) is 9.59 Å². The Bertz CT molecular complexity index is 574. The molecule has 1 aliphatic rings. The van der Waals surface area contributed by atoms with Crippen molar-refractivity contribution in [2.75, 3.05) is 18.9 Å². The molecule has 2 N–H and O–H groups in total. The Hall–Kier alpha value is -1.47. The van der Waals surface area contributed by atoms with Crippen LogP contribution >= 0.6 is 23.3 Å². The third-order valence-electron chi connectivity index (χ3n) is 2.68. The number of benzene rings is 1.